The zero-order chi connectivity index (χ0) is 36.5. The minimum atomic E-state index is -1.82. The van der Waals surface area contributed by atoms with Crippen LogP contribution >= 0.6 is 34.5 Å². The van der Waals surface area contributed by atoms with Gasteiger partial charge in [-0.1, -0.05) is 56.1 Å². The summed E-state index contributed by atoms with van der Waals surface area (Å²) in [5, 5.41) is 11.6. The third-order valence-corrected chi connectivity index (χ3v) is 17.2. The number of amides is 1. The number of hydrogen-bond acceptors (Lipinski definition) is 8. The summed E-state index contributed by atoms with van der Waals surface area (Å²) >= 11 is 15.3. The molecule has 0 aliphatic carbocycles. The number of piperazine rings is 1. The minimum absolute atomic E-state index is 0.168. The molecule has 10 nitrogen and oxygen atoms in total. The van der Waals surface area contributed by atoms with Gasteiger partial charge in [0.15, 0.2) is 19.5 Å². The fraction of sp³-hybridized carbons (Fsp3) is 0.459. The zero-order valence-corrected chi connectivity index (χ0v) is 33.3. The van der Waals surface area contributed by atoms with Crippen LogP contribution in [0.5, 0.6) is 0 Å². The maximum atomic E-state index is 14.4. The standard InChI is InChI=1S/C37H43Cl2FN8O2SSi/c1-37(2,3)52(4,5)50-26-15-25-18-45(11-12-46(25)19-26)24-8-6-22(7-9-24)27-16-29(38)28-20-48(44-32(28)31(27)39)34(35(49)43-36-41-10-13-51-36)33-30-14-23(40)17-47(30)21-42-33/h6-10,13,16,20-21,23,25-26,34H,11-12,14-15,17-19H2,1-5H3,(H,41,43,49)/t23-,25+,26-,34?/m1/s1. The highest BCUT2D eigenvalue weighted by molar-refractivity contribution is 7.13. The maximum Gasteiger partial charge on any atom is 0.257 e. The molecule has 0 bridgehead atoms. The quantitative estimate of drug-likeness (QED) is 0.159. The monoisotopic (exact) mass is 780 g/mol. The first-order valence-electron chi connectivity index (χ1n) is 17.8. The van der Waals surface area contributed by atoms with Gasteiger partial charge in [-0.2, -0.15) is 5.10 Å². The van der Waals surface area contributed by atoms with Crippen molar-refractivity contribution in [3.8, 4) is 11.1 Å². The number of nitrogens with zero attached hydrogens (tertiary/aromatic N) is 7. The third kappa shape index (κ3) is 6.57. The number of alkyl halides is 1. The Labute approximate surface area is 318 Å². The average Bonchev–Trinajstić information content (AvgIpc) is 3.93. The summed E-state index contributed by atoms with van der Waals surface area (Å²) in [5.41, 5.74) is 4.39. The van der Waals surface area contributed by atoms with Crippen molar-refractivity contribution in [3.63, 3.8) is 0 Å². The molecule has 1 amide bonds. The lowest BCUT2D eigenvalue weighted by Gasteiger charge is -2.38. The number of rotatable bonds is 8. The number of thiazole rings is 1. The highest BCUT2D eigenvalue weighted by Gasteiger charge is 2.44. The number of halogens is 3. The Hall–Kier alpha value is -3.33. The molecule has 8 rings (SSSR count). The van der Waals surface area contributed by atoms with Crippen molar-refractivity contribution < 1.29 is 13.6 Å². The molecule has 5 aromatic rings. The predicted octanol–water partition coefficient (Wildman–Crippen LogP) is 8.07. The fourth-order valence-corrected chi connectivity index (χ4v) is 10.0. The Morgan fingerprint density at radius 2 is 1.90 bits per heavy atom. The molecule has 3 aliphatic heterocycles. The summed E-state index contributed by atoms with van der Waals surface area (Å²) in [4.78, 5) is 27.7. The Bertz CT molecular complexity index is 2120. The molecule has 2 fully saturated rings. The number of aromatic nitrogens is 5. The van der Waals surface area contributed by atoms with E-state index in [0.29, 0.717) is 49.6 Å². The molecule has 0 spiro atoms. The van der Waals surface area contributed by atoms with Gasteiger partial charge in [-0.05, 0) is 48.3 Å². The van der Waals surface area contributed by atoms with E-state index in [1.54, 1.807) is 28.7 Å². The maximum absolute atomic E-state index is 14.4. The van der Waals surface area contributed by atoms with E-state index in [1.165, 1.54) is 21.7 Å². The molecular formula is C37H43Cl2FN8O2SSi. The molecular weight excluding hydrogens is 739 g/mol. The van der Waals surface area contributed by atoms with E-state index in [2.05, 4.69) is 83.2 Å². The molecule has 6 heterocycles. The molecule has 2 saturated heterocycles. The van der Waals surface area contributed by atoms with Crippen LogP contribution in [0.3, 0.4) is 0 Å². The largest absolute Gasteiger partial charge is 0.413 e. The Kier molecular flexibility index (Phi) is 9.27. The Balaban J connectivity index is 1.04. The van der Waals surface area contributed by atoms with Crippen molar-refractivity contribution in [2.75, 3.05) is 36.4 Å². The second-order valence-corrected chi connectivity index (χ2v) is 22.2. The van der Waals surface area contributed by atoms with Crippen LogP contribution in [0.4, 0.5) is 15.2 Å². The first kappa shape index (κ1) is 35.7. The lowest BCUT2D eigenvalue weighted by molar-refractivity contribution is -0.118. The van der Waals surface area contributed by atoms with Gasteiger partial charge in [0, 0.05) is 78.7 Å². The Morgan fingerprint density at radius 1 is 1.12 bits per heavy atom. The highest BCUT2D eigenvalue weighted by atomic mass is 35.5. The van der Waals surface area contributed by atoms with E-state index in [4.69, 9.17) is 32.7 Å². The van der Waals surface area contributed by atoms with Gasteiger partial charge in [-0.25, -0.2) is 14.4 Å². The molecule has 2 aromatic carbocycles. The summed E-state index contributed by atoms with van der Waals surface area (Å²) < 4.78 is 24.5. The first-order valence-corrected chi connectivity index (χ1v) is 22.3. The molecule has 1 unspecified atom stereocenters. The van der Waals surface area contributed by atoms with E-state index in [9.17, 15) is 9.18 Å². The molecule has 3 aromatic heterocycles. The number of fused-ring (bicyclic) bond motifs is 3. The van der Waals surface area contributed by atoms with Crippen molar-refractivity contribution in [2.24, 2.45) is 0 Å². The number of anilines is 2. The van der Waals surface area contributed by atoms with Crippen molar-refractivity contribution in [2.45, 2.75) is 82.6 Å². The van der Waals surface area contributed by atoms with Crippen LogP contribution in [0, 0.1) is 0 Å². The van der Waals surface area contributed by atoms with Crippen LogP contribution in [-0.2, 0) is 22.2 Å². The lowest BCUT2D eigenvalue weighted by Crippen LogP contribution is -2.50. The lowest BCUT2D eigenvalue weighted by atomic mass is 10.0. The van der Waals surface area contributed by atoms with Gasteiger partial charge in [-0.15, -0.1) is 11.3 Å². The van der Waals surface area contributed by atoms with Crippen molar-refractivity contribution in [1.82, 2.24) is 29.2 Å². The van der Waals surface area contributed by atoms with Gasteiger partial charge < -0.3 is 13.9 Å². The second kappa shape index (κ2) is 13.5. The molecule has 274 valence electrons. The van der Waals surface area contributed by atoms with Crippen LogP contribution in [0.1, 0.15) is 44.6 Å². The summed E-state index contributed by atoms with van der Waals surface area (Å²) in [6.45, 7) is 15.8. The van der Waals surface area contributed by atoms with Crippen LogP contribution in [0.2, 0.25) is 28.2 Å². The number of carbonyl (C=O) groups excluding carboxylic acids is 1. The molecule has 0 saturated carbocycles. The van der Waals surface area contributed by atoms with Crippen LogP contribution in [-0.4, -0.2) is 87.9 Å². The number of nitrogens with one attached hydrogen (secondary N) is 1. The summed E-state index contributed by atoms with van der Waals surface area (Å²) in [6, 6.07) is 9.77. The molecule has 1 N–H and O–H groups in total. The van der Waals surface area contributed by atoms with Gasteiger partial charge in [0.05, 0.1) is 34.7 Å². The van der Waals surface area contributed by atoms with E-state index < -0.39 is 26.4 Å². The molecule has 4 atom stereocenters. The average molecular weight is 782 g/mol. The molecule has 15 heteroatoms. The zero-order valence-electron chi connectivity index (χ0n) is 29.9. The number of benzene rings is 2. The SMILES string of the molecule is CC(C)(C)[Si](C)(C)O[C@@H]1C[C@H]2CN(c3ccc(-c4cc(Cl)c5cn(C(C(=O)Nc6nccs6)c6ncn7c6C[C@@H](F)C7)nc5c4Cl)cc3)CCN2C1. The van der Waals surface area contributed by atoms with Crippen molar-refractivity contribution in [3.05, 3.63) is 75.9 Å². The van der Waals surface area contributed by atoms with Crippen LogP contribution < -0.4 is 10.2 Å². The summed E-state index contributed by atoms with van der Waals surface area (Å²) in [7, 11) is -1.82. The van der Waals surface area contributed by atoms with Crippen molar-refractivity contribution >= 4 is 70.5 Å². The number of carbonyl (C=O) groups is 1. The van der Waals surface area contributed by atoms with Crippen molar-refractivity contribution in [1.29, 1.82) is 0 Å². The van der Waals surface area contributed by atoms with Gasteiger partial charge in [0.1, 0.15) is 11.7 Å². The van der Waals surface area contributed by atoms with E-state index in [0.717, 1.165) is 43.7 Å². The van der Waals surface area contributed by atoms with E-state index in [-0.39, 0.29) is 18.0 Å². The van der Waals surface area contributed by atoms with Gasteiger partial charge in [0.2, 0.25) is 0 Å². The van der Waals surface area contributed by atoms with Gasteiger partial charge in [-0.3, -0.25) is 19.7 Å². The summed E-state index contributed by atoms with van der Waals surface area (Å²) in [5.74, 6) is -0.397. The first-order chi connectivity index (χ1) is 24.8. The van der Waals surface area contributed by atoms with Crippen LogP contribution in [0.25, 0.3) is 22.0 Å². The Morgan fingerprint density at radius 3 is 2.63 bits per heavy atom. The van der Waals surface area contributed by atoms with E-state index in [1.807, 2.05) is 6.07 Å². The second-order valence-electron chi connectivity index (χ2n) is 15.7. The predicted molar refractivity (Wildman–Crippen MR) is 209 cm³/mol. The molecule has 0 radical (unpaired) electrons. The normalized spacial score (nSPS) is 21.5. The van der Waals surface area contributed by atoms with Gasteiger partial charge in [0.25, 0.3) is 5.91 Å². The molecule has 52 heavy (non-hydrogen) atoms. The fourth-order valence-electron chi connectivity index (χ4n) is 7.57. The molecule has 3 aliphatic rings. The third-order valence-electron chi connectivity index (χ3n) is 11.3. The number of imidazole rings is 1. The number of hydrogen-bond donors (Lipinski definition) is 1. The summed E-state index contributed by atoms with van der Waals surface area (Å²) in [6.07, 6.45) is 5.39. The van der Waals surface area contributed by atoms with Gasteiger partial charge >= 0.3 is 0 Å². The minimum Gasteiger partial charge on any atom is -0.413 e. The van der Waals surface area contributed by atoms with Crippen LogP contribution in [0.15, 0.2) is 54.4 Å². The smallest absolute Gasteiger partial charge is 0.257 e. The van der Waals surface area contributed by atoms with E-state index >= 15 is 0 Å². The highest BCUT2D eigenvalue weighted by Crippen LogP contribution is 2.41. The topological polar surface area (TPSA) is 93.3 Å².